The summed E-state index contributed by atoms with van der Waals surface area (Å²) < 4.78 is 38.3. The van der Waals surface area contributed by atoms with Gasteiger partial charge in [0.25, 0.3) is 0 Å². The number of halogens is 3. The molecule has 1 N–H and O–H groups in total. The van der Waals surface area contributed by atoms with E-state index in [0.29, 0.717) is 17.1 Å². The first kappa shape index (κ1) is 15.9. The first-order chi connectivity index (χ1) is 11.4. The van der Waals surface area contributed by atoms with Crippen LogP contribution in [0.4, 0.5) is 19.0 Å². The van der Waals surface area contributed by atoms with E-state index < -0.39 is 11.7 Å². The van der Waals surface area contributed by atoms with Crippen LogP contribution in [0.15, 0.2) is 59.8 Å². The van der Waals surface area contributed by atoms with Crippen LogP contribution in [0.25, 0.3) is 10.8 Å². The fraction of sp³-hybridized carbons (Fsp3) is 0.118. The number of alkyl halides is 3. The normalized spacial score (nSPS) is 12.4. The van der Waals surface area contributed by atoms with Gasteiger partial charge in [-0.3, -0.25) is 5.43 Å². The maximum atomic E-state index is 12.8. The van der Waals surface area contributed by atoms with Gasteiger partial charge >= 0.3 is 6.18 Å². The SMILES string of the molecule is C/C(=N\Nc1nncc2ccccc12)c1cccc(C(F)(F)F)c1. The molecule has 0 atom stereocenters. The maximum Gasteiger partial charge on any atom is 0.416 e. The van der Waals surface area contributed by atoms with Crippen LogP contribution in [0.2, 0.25) is 0 Å². The van der Waals surface area contributed by atoms with E-state index in [0.717, 1.165) is 22.9 Å². The monoisotopic (exact) mass is 330 g/mol. The van der Waals surface area contributed by atoms with Crippen LogP contribution >= 0.6 is 0 Å². The molecule has 0 amide bonds. The quantitative estimate of drug-likeness (QED) is 0.569. The highest BCUT2D eigenvalue weighted by molar-refractivity contribution is 5.99. The molecule has 0 saturated carbocycles. The van der Waals surface area contributed by atoms with Crippen LogP contribution in [0.1, 0.15) is 18.1 Å². The van der Waals surface area contributed by atoms with Crippen molar-refractivity contribution in [3.8, 4) is 0 Å². The van der Waals surface area contributed by atoms with Crippen molar-refractivity contribution in [3.63, 3.8) is 0 Å². The minimum absolute atomic E-state index is 0.380. The maximum absolute atomic E-state index is 12.8. The standard InChI is InChI=1S/C17H13F3N4/c1-11(12-6-4-7-14(9-12)17(18,19)20)22-24-16-15-8-3-2-5-13(15)10-21-23-16/h2-10H,1H3,(H,23,24)/b22-11+. The highest BCUT2D eigenvalue weighted by Crippen LogP contribution is 2.29. The zero-order valence-corrected chi connectivity index (χ0v) is 12.7. The van der Waals surface area contributed by atoms with Crippen LogP contribution in [0.3, 0.4) is 0 Å². The molecule has 0 spiro atoms. The van der Waals surface area contributed by atoms with Crippen LogP contribution in [0.5, 0.6) is 0 Å². The lowest BCUT2D eigenvalue weighted by Crippen LogP contribution is -2.07. The molecule has 2 aromatic carbocycles. The molecule has 0 aliphatic rings. The van der Waals surface area contributed by atoms with Gasteiger partial charge in [0.05, 0.1) is 17.5 Å². The first-order valence-corrected chi connectivity index (χ1v) is 7.13. The second kappa shape index (κ2) is 6.27. The smallest absolute Gasteiger partial charge is 0.259 e. The van der Waals surface area contributed by atoms with Crippen LogP contribution in [0, 0.1) is 0 Å². The van der Waals surface area contributed by atoms with Crippen molar-refractivity contribution < 1.29 is 13.2 Å². The van der Waals surface area contributed by atoms with Crippen LogP contribution < -0.4 is 5.43 Å². The zero-order chi connectivity index (χ0) is 17.2. The topological polar surface area (TPSA) is 50.2 Å². The van der Waals surface area contributed by atoms with E-state index in [2.05, 4.69) is 20.7 Å². The number of aromatic nitrogens is 2. The predicted molar refractivity (Wildman–Crippen MR) is 86.8 cm³/mol. The lowest BCUT2D eigenvalue weighted by molar-refractivity contribution is -0.137. The minimum Gasteiger partial charge on any atom is -0.259 e. The number of nitrogens with one attached hydrogen (secondary N) is 1. The Labute approximate surface area is 136 Å². The summed E-state index contributed by atoms with van der Waals surface area (Å²) in [7, 11) is 0. The third kappa shape index (κ3) is 3.34. The lowest BCUT2D eigenvalue weighted by Gasteiger charge is -2.09. The van der Waals surface area contributed by atoms with Gasteiger partial charge in [-0.2, -0.15) is 23.4 Å². The molecule has 24 heavy (non-hydrogen) atoms. The Balaban J connectivity index is 1.89. The lowest BCUT2D eigenvalue weighted by atomic mass is 10.1. The van der Waals surface area contributed by atoms with Crippen LogP contribution in [-0.2, 0) is 6.18 Å². The van der Waals surface area contributed by atoms with E-state index >= 15 is 0 Å². The van der Waals surface area contributed by atoms with E-state index in [9.17, 15) is 13.2 Å². The van der Waals surface area contributed by atoms with Crippen molar-refractivity contribution >= 4 is 22.3 Å². The molecule has 3 aromatic rings. The van der Waals surface area contributed by atoms with E-state index in [1.165, 1.54) is 6.07 Å². The Bertz CT molecular complexity index is 898. The van der Waals surface area contributed by atoms with Crippen molar-refractivity contribution in [2.75, 3.05) is 5.43 Å². The summed E-state index contributed by atoms with van der Waals surface area (Å²) in [4.78, 5) is 0. The van der Waals surface area contributed by atoms with Gasteiger partial charge in [-0.25, -0.2) is 0 Å². The Morgan fingerprint density at radius 3 is 2.67 bits per heavy atom. The van der Waals surface area contributed by atoms with Gasteiger partial charge < -0.3 is 0 Å². The minimum atomic E-state index is -4.38. The van der Waals surface area contributed by atoms with Crippen LogP contribution in [-0.4, -0.2) is 15.9 Å². The average Bonchev–Trinajstić information content (AvgIpc) is 2.59. The third-order valence-electron chi connectivity index (χ3n) is 3.51. The molecule has 122 valence electrons. The highest BCUT2D eigenvalue weighted by Gasteiger charge is 2.30. The molecule has 0 aliphatic carbocycles. The first-order valence-electron chi connectivity index (χ1n) is 7.13. The molecule has 1 aromatic heterocycles. The Morgan fingerprint density at radius 1 is 1.08 bits per heavy atom. The Hall–Kier alpha value is -2.96. The van der Waals surface area contributed by atoms with Gasteiger partial charge in [-0.15, -0.1) is 5.10 Å². The summed E-state index contributed by atoms with van der Waals surface area (Å²) in [6, 6.07) is 12.5. The summed E-state index contributed by atoms with van der Waals surface area (Å²) in [5.74, 6) is 0.444. The zero-order valence-electron chi connectivity index (χ0n) is 12.7. The molecule has 0 aliphatic heterocycles. The molecule has 0 fully saturated rings. The number of anilines is 1. The number of hydrazone groups is 1. The summed E-state index contributed by atoms with van der Waals surface area (Å²) in [6.07, 6.45) is -2.76. The largest absolute Gasteiger partial charge is 0.416 e. The molecule has 3 rings (SSSR count). The molecule has 0 bridgehead atoms. The fourth-order valence-corrected chi connectivity index (χ4v) is 2.23. The molecule has 0 radical (unpaired) electrons. The number of hydrogen-bond donors (Lipinski definition) is 1. The fourth-order valence-electron chi connectivity index (χ4n) is 2.23. The predicted octanol–water partition coefficient (Wildman–Crippen LogP) is 4.48. The summed E-state index contributed by atoms with van der Waals surface area (Å²) in [5.41, 5.74) is 2.86. The average molecular weight is 330 g/mol. The molecule has 7 heteroatoms. The molecular formula is C17H13F3N4. The number of rotatable bonds is 3. The summed E-state index contributed by atoms with van der Waals surface area (Å²) >= 11 is 0. The molecule has 4 nitrogen and oxygen atoms in total. The Kier molecular flexibility index (Phi) is 4.16. The number of benzene rings is 2. The number of fused-ring (bicyclic) bond motifs is 1. The van der Waals surface area contributed by atoms with Crippen molar-refractivity contribution in [2.45, 2.75) is 13.1 Å². The molecular weight excluding hydrogens is 317 g/mol. The van der Waals surface area contributed by atoms with E-state index in [1.807, 2.05) is 24.3 Å². The second-order valence-corrected chi connectivity index (χ2v) is 5.17. The highest BCUT2D eigenvalue weighted by atomic mass is 19.4. The van der Waals surface area contributed by atoms with Gasteiger partial charge in [0.15, 0.2) is 5.82 Å². The van der Waals surface area contributed by atoms with E-state index in [-0.39, 0.29) is 0 Å². The summed E-state index contributed by atoms with van der Waals surface area (Å²) in [5, 5.41) is 13.7. The van der Waals surface area contributed by atoms with Crippen molar-refractivity contribution in [2.24, 2.45) is 5.10 Å². The number of nitrogens with zero attached hydrogens (tertiary/aromatic N) is 3. The van der Waals surface area contributed by atoms with Crippen molar-refractivity contribution in [3.05, 3.63) is 65.9 Å². The van der Waals surface area contributed by atoms with Gasteiger partial charge in [0.1, 0.15) is 0 Å². The Morgan fingerprint density at radius 2 is 1.88 bits per heavy atom. The number of hydrogen-bond acceptors (Lipinski definition) is 4. The molecule has 0 unspecified atom stereocenters. The molecule has 1 heterocycles. The summed E-state index contributed by atoms with van der Waals surface area (Å²) in [6.45, 7) is 1.63. The van der Waals surface area contributed by atoms with E-state index in [1.54, 1.807) is 19.2 Å². The third-order valence-corrected chi connectivity index (χ3v) is 3.51. The van der Waals surface area contributed by atoms with Gasteiger partial charge in [0, 0.05) is 10.8 Å². The van der Waals surface area contributed by atoms with Gasteiger partial charge in [-0.05, 0) is 24.6 Å². The van der Waals surface area contributed by atoms with Gasteiger partial charge in [-0.1, -0.05) is 36.4 Å². The van der Waals surface area contributed by atoms with Crippen molar-refractivity contribution in [1.29, 1.82) is 0 Å². The molecule has 0 saturated heterocycles. The van der Waals surface area contributed by atoms with E-state index in [4.69, 9.17) is 0 Å². The van der Waals surface area contributed by atoms with Gasteiger partial charge in [0.2, 0.25) is 0 Å². The van der Waals surface area contributed by atoms with Crippen molar-refractivity contribution in [1.82, 2.24) is 10.2 Å². The second-order valence-electron chi connectivity index (χ2n) is 5.17.